The fourth-order valence-electron chi connectivity index (χ4n) is 4.41. The smallest absolute Gasteiger partial charge is 0.0708 e. The summed E-state index contributed by atoms with van der Waals surface area (Å²) in [7, 11) is 0. The summed E-state index contributed by atoms with van der Waals surface area (Å²) in [5.41, 5.74) is 2.76. The van der Waals surface area contributed by atoms with E-state index in [1.54, 1.807) is 0 Å². The molecular formula is C22H28N2O. The van der Waals surface area contributed by atoms with E-state index in [9.17, 15) is 5.11 Å². The standard InChI is InChI=1S/C22H28N2O/c25-22-12-11-20-16-23(14-13-18-7-3-1-4-8-18)21(22)17-24(20)15-19-9-5-2-6-10-19/h1-10,20-22,25H,11-17H2. The summed E-state index contributed by atoms with van der Waals surface area (Å²) in [6.45, 7) is 4.11. The molecule has 3 fully saturated rings. The molecular weight excluding hydrogens is 308 g/mol. The molecule has 3 aliphatic rings. The fraction of sp³-hybridized carbons (Fsp3) is 0.455. The molecule has 2 aromatic carbocycles. The molecule has 3 saturated heterocycles. The van der Waals surface area contributed by atoms with Gasteiger partial charge in [-0.1, -0.05) is 60.7 Å². The Morgan fingerprint density at radius 3 is 2.20 bits per heavy atom. The number of aliphatic hydroxyl groups is 1. The van der Waals surface area contributed by atoms with Gasteiger partial charge in [-0.15, -0.1) is 0 Å². The molecule has 2 bridgehead atoms. The number of piperazine rings is 1. The molecule has 3 unspecified atom stereocenters. The van der Waals surface area contributed by atoms with Crippen molar-refractivity contribution in [1.82, 2.24) is 9.80 Å². The summed E-state index contributed by atoms with van der Waals surface area (Å²) in [4.78, 5) is 5.13. The highest BCUT2D eigenvalue weighted by Gasteiger charge is 2.40. The van der Waals surface area contributed by atoms with Crippen LogP contribution in [0.25, 0.3) is 0 Å². The number of hydrogen-bond acceptors (Lipinski definition) is 3. The van der Waals surface area contributed by atoms with Gasteiger partial charge in [-0.3, -0.25) is 9.80 Å². The summed E-state index contributed by atoms with van der Waals surface area (Å²) >= 11 is 0. The Hall–Kier alpha value is -1.68. The lowest BCUT2D eigenvalue weighted by atomic mass is 10.0. The van der Waals surface area contributed by atoms with E-state index in [-0.39, 0.29) is 12.1 Å². The van der Waals surface area contributed by atoms with Crippen molar-refractivity contribution in [1.29, 1.82) is 0 Å². The van der Waals surface area contributed by atoms with Gasteiger partial charge in [0.25, 0.3) is 0 Å². The number of rotatable bonds is 5. The lowest BCUT2D eigenvalue weighted by Crippen LogP contribution is -2.58. The normalized spacial score (nSPS) is 27.3. The highest BCUT2D eigenvalue weighted by molar-refractivity contribution is 5.16. The van der Waals surface area contributed by atoms with Crippen molar-refractivity contribution in [2.24, 2.45) is 0 Å². The average Bonchev–Trinajstić information content (AvgIpc) is 2.90. The first-order valence-corrected chi connectivity index (χ1v) is 9.53. The molecule has 3 nitrogen and oxygen atoms in total. The SMILES string of the molecule is OC1CCC2CN(CCc3ccccc3)C1CN2Cc1ccccc1. The second-order valence-electron chi connectivity index (χ2n) is 7.51. The summed E-state index contributed by atoms with van der Waals surface area (Å²) in [6.07, 6.45) is 2.91. The fourth-order valence-corrected chi connectivity index (χ4v) is 4.41. The van der Waals surface area contributed by atoms with Gasteiger partial charge >= 0.3 is 0 Å². The molecule has 0 saturated carbocycles. The monoisotopic (exact) mass is 336 g/mol. The van der Waals surface area contributed by atoms with Gasteiger partial charge in [0, 0.05) is 38.3 Å². The number of aliphatic hydroxyl groups excluding tert-OH is 1. The lowest BCUT2D eigenvalue weighted by molar-refractivity contribution is -0.00634. The highest BCUT2D eigenvalue weighted by Crippen LogP contribution is 2.29. The van der Waals surface area contributed by atoms with E-state index in [4.69, 9.17) is 0 Å². The van der Waals surface area contributed by atoms with Gasteiger partial charge in [-0.2, -0.15) is 0 Å². The van der Waals surface area contributed by atoms with E-state index in [0.717, 1.165) is 45.4 Å². The third-order valence-electron chi connectivity index (χ3n) is 5.85. The molecule has 3 aliphatic heterocycles. The molecule has 1 N–H and O–H groups in total. The Morgan fingerprint density at radius 2 is 1.48 bits per heavy atom. The largest absolute Gasteiger partial charge is 0.391 e. The Labute approximate surface area is 150 Å². The van der Waals surface area contributed by atoms with Gasteiger partial charge in [0.1, 0.15) is 0 Å². The third kappa shape index (κ3) is 3.95. The maximum absolute atomic E-state index is 10.7. The Kier molecular flexibility index (Phi) is 5.16. The first-order chi connectivity index (χ1) is 12.3. The average molecular weight is 336 g/mol. The Morgan fingerprint density at radius 1 is 0.800 bits per heavy atom. The zero-order chi connectivity index (χ0) is 17.1. The van der Waals surface area contributed by atoms with Crippen LogP contribution in [0, 0.1) is 0 Å². The first-order valence-electron chi connectivity index (χ1n) is 9.53. The molecule has 2 aromatic rings. The van der Waals surface area contributed by atoms with Crippen LogP contribution in [0.5, 0.6) is 0 Å². The van der Waals surface area contributed by atoms with Crippen molar-refractivity contribution in [3.8, 4) is 0 Å². The summed E-state index contributed by atoms with van der Waals surface area (Å²) in [5.74, 6) is 0. The topological polar surface area (TPSA) is 26.7 Å². The molecule has 25 heavy (non-hydrogen) atoms. The van der Waals surface area contributed by atoms with Gasteiger partial charge in [0.05, 0.1) is 6.10 Å². The van der Waals surface area contributed by atoms with Crippen molar-refractivity contribution in [3.05, 3.63) is 71.8 Å². The van der Waals surface area contributed by atoms with Crippen molar-refractivity contribution < 1.29 is 5.11 Å². The molecule has 0 radical (unpaired) electrons. The van der Waals surface area contributed by atoms with Crippen LogP contribution in [-0.2, 0) is 13.0 Å². The van der Waals surface area contributed by atoms with E-state index < -0.39 is 0 Å². The molecule has 3 heterocycles. The van der Waals surface area contributed by atoms with E-state index in [2.05, 4.69) is 70.5 Å². The Bertz CT molecular complexity index is 660. The van der Waals surface area contributed by atoms with Crippen LogP contribution in [-0.4, -0.2) is 52.7 Å². The molecule has 0 spiro atoms. The van der Waals surface area contributed by atoms with E-state index in [1.807, 2.05) is 0 Å². The maximum atomic E-state index is 10.7. The maximum Gasteiger partial charge on any atom is 0.0708 e. The number of fused-ring (bicyclic) bond motifs is 4. The molecule has 3 atom stereocenters. The molecule has 3 heteroatoms. The molecule has 5 rings (SSSR count). The number of hydrogen-bond donors (Lipinski definition) is 1. The van der Waals surface area contributed by atoms with Gasteiger partial charge in [-0.25, -0.2) is 0 Å². The van der Waals surface area contributed by atoms with Crippen LogP contribution in [0.1, 0.15) is 24.0 Å². The van der Waals surface area contributed by atoms with Gasteiger partial charge in [0.2, 0.25) is 0 Å². The number of nitrogens with zero attached hydrogens (tertiary/aromatic N) is 2. The van der Waals surface area contributed by atoms with E-state index in [1.165, 1.54) is 11.1 Å². The minimum Gasteiger partial charge on any atom is -0.391 e. The zero-order valence-corrected chi connectivity index (χ0v) is 14.8. The van der Waals surface area contributed by atoms with Crippen LogP contribution in [0.3, 0.4) is 0 Å². The lowest BCUT2D eigenvalue weighted by Gasteiger charge is -2.45. The second kappa shape index (κ2) is 7.69. The predicted octanol–water partition coefficient (Wildman–Crippen LogP) is 2.94. The molecule has 0 aliphatic carbocycles. The Balaban J connectivity index is 1.43. The van der Waals surface area contributed by atoms with Crippen LogP contribution < -0.4 is 0 Å². The van der Waals surface area contributed by atoms with Crippen molar-refractivity contribution >= 4 is 0 Å². The molecule has 0 aromatic heterocycles. The predicted molar refractivity (Wildman–Crippen MR) is 101 cm³/mol. The second-order valence-corrected chi connectivity index (χ2v) is 7.51. The van der Waals surface area contributed by atoms with Crippen molar-refractivity contribution in [2.75, 3.05) is 19.6 Å². The van der Waals surface area contributed by atoms with Crippen LogP contribution >= 0.6 is 0 Å². The number of benzene rings is 2. The van der Waals surface area contributed by atoms with Crippen LogP contribution in [0.2, 0.25) is 0 Å². The van der Waals surface area contributed by atoms with Crippen molar-refractivity contribution in [3.63, 3.8) is 0 Å². The van der Waals surface area contributed by atoms with E-state index in [0.29, 0.717) is 6.04 Å². The van der Waals surface area contributed by atoms with Crippen molar-refractivity contribution in [2.45, 2.75) is 44.0 Å². The van der Waals surface area contributed by atoms with E-state index >= 15 is 0 Å². The highest BCUT2D eigenvalue weighted by atomic mass is 16.3. The quantitative estimate of drug-likeness (QED) is 0.909. The zero-order valence-electron chi connectivity index (χ0n) is 14.8. The summed E-state index contributed by atoms with van der Waals surface area (Å²) in [6, 6.07) is 22.3. The van der Waals surface area contributed by atoms with Gasteiger partial charge < -0.3 is 5.11 Å². The molecule has 132 valence electrons. The first kappa shape index (κ1) is 16.8. The summed E-state index contributed by atoms with van der Waals surface area (Å²) < 4.78 is 0. The summed E-state index contributed by atoms with van der Waals surface area (Å²) in [5, 5.41) is 10.7. The van der Waals surface area contributed by atoms with Crippen LogP contribution in [0.15, 0.2) is 60.7 Å². The molecule has 0 amide bonds. The van der Waals surface area contributed by atoms with Crippen LogP contribution in [0.4, 0.5) is 0 Å². The minimum atomic E-state index is -0.193. The minimum absolute atomic E-state index is 0.193. The van der Waals surface area contributed by atoms with Gasteiger partial charge in [0.15, 0.2) is 0 Å². The van der Waals surface area contributed by atoms with Gasteiger partial charge in [-0.05, 0) is 30.4 Å². The third-order valence-corrected chi connectivity index (χ3v) is 5.85.